The van der Waals surface area contributed by atoms with Gasteiger partial charge in [-0.1, -0.05) is 38.4 Å². The molecule has 4 nitrogen and oxygen atoms in total. The fraction of sp³-hybridized carbons (Fsp3) is 0.529. The molecule has 0 amide bonds. The van der Waals surface area contributed by atoms with Crippen LogP contribution >= 0.6 is 11.6 Å². The first-order valence-electron chi connectivity index (χ1n) is 7.33. The molecule has 120 valence electrons. The maximum absolute atomic E-state index is 12.1. The quantitative estimate of drug-likeness (QED) is 0.942. The summed E-state index contributed by atoms with van der Waals surface area (Å²) in [5.41, 5.74) is 1.25. The molecule has 1 N–H and O–H groups in total. The summed E-state index contributed by atoms with van der Waals surface area (Å²) in [7, 11) is 1.85. The number of rotatable bonds is 3. The van der Waals surface area contributed by atoms with Crippen LogP contribution < -0.4 is 0 Å². The molecule has 2 aromatic rings. The van der Waals surface area contributed by atoms with E-state index in [9.17, 15) is 9.90 Å². The number of benzene rings is 1. The van der Waals surface area contributed by atoms with Crippen molar-refractivity contribution < 1.29 is 9.90 Å². The number of carbonyl (C=O) groups is 1. The maximum atomic E-state index is 12.1. The molecule has 0 saturated heterocycles. The van der Waals surface area contributed by atoms with Gasteiger partial charge < -0.3 is 5.11 Å². The Bertz CT molecular complexity index is 734. The zero-order valence-corrected chi connectivity index (χ0v) is 14.7. The number of halogens is 1. The maximum Gasteiger partial charge on any atom is 0.169 e. The van der Waals surface area contributed by atoms with E-state index < -0.39 is 5.60 Å². The summed E-state index contributed by atoms with van der Waals surface area (Å²) in [5, 5.41) is 15.7. The molecular formula is C17H23ClN2O2. The van der Waals surface area contributed by atoms with Crippen LogP contribution in [0.2, 0.25) is 5.02 Å². The van der Waals surface area contributed by atoms with Crippen LogP contribution in [0.5, 0.6) is 0 Å². The second-order valence-electron chi connectivity index (χ2n) is 7.30. The van der Waals surface area contributed by atoms with Crippen molar-refractivity contribution in [1.82, 2.24) is 9.78 Å². The Morgan fingerprint density at radius 2 is 1.86 bits per heavy atom. The number of fused-ring (bicyclic) bond motifs is 1. The van der Waals surface area contributed by atoms with Crippen LogP contribution in [0.25, 0.3) is 10.9 Å². The third-order valence-electron chi connectivity index (χ3n) is 3.83. The number of aryl methyl sites for hydroxylation is 1. The van der Waals surface area contributed by atoms with E-state index in [0.29, 0.717) is 10.7 Å². The number of aromatic nitrogens is 2. The van der Waals surface area contributed by atoms with Crippen molar-refractivity contribution in [2.75, 3.05) is 0 Å². The predicted octanol–water partition coefficient (Wildman–Crippen LogP) is 3.41. The molecule has 0 bridgehead atoms. The van der Waals surface area contributed by atoms with Crippen molar-refractivity contribution in [2.24, 2.45) is 7.05 Å². The smallest absolute Gasteiger partial charge is 0.169 e. The highest BCUT2D eigenvalue weighted by molar-refractivity contribution is 6.35. The SMILES string of the molecule is Cn1nc(CC(=O)C(C)(C)O)c2c(Cl)ccc(C(C)(C)C)c21. The zero-order chi connectivity index (χ0) is 16.9. The van der Waals surface area contributed by atoms with E-state index in [1.165, 1.54) is 13.8 Å². The number of carbonyl (C=O) groups excluding carboxylic acids is 1. The Morgan fingerprint density at radius 3 is 2.36 bits per heavy atom. The van der Waals surface area contributed by atoms with Gasteiger partial charge in [0.2, 0.25) is 0 Å². The summed E-state index contributed by atoms with van der Waals surface area (Å²) in [5.74, 6) is -0.273. The fourth-order valence-corrected chi connectivity index (χ4v) is 2.82. The van der Waals surface area contributed by atoms with Crippen molar-refractivity contribution >= 4 is 28.3 Å². The molecule has 2 rings (SSSR count). The van der Waals surface area contributed by atoms with Gasteiger partial charge in [0.25, 0.3) is 0 Å². The van der Waals surface area contributed by atoms with Crippen molar-refractivity contribution in [3.63, 3.8) is 0 Å². The van der Waals surface area contributed by atoms with Gasteiger partial charge in [-0.15, -0.1) is 0 Å². The summed E-state index contributed by atoms with van der Waals surface area (Å²) in [6.45, 7) is 9.37. The molecule has 0 aliphatic carbocycles. The molecule has 22 heavy (non-hydrogen) atoms. The van der Waals surface area contributed by atoms with Crippen LogP contribution in [0.15, 0.2) is 12.1 Å². The Morgan fingerprint density at radius 1 is 1.27 bits per heavy atom. The van der Waals surface area contributed by atoms with E-state index in [4.69, 9.17) is 11.6 Å². The molecule has 1 aromatic carbocycles. The Kier molecular flexibility index (Phi) is 4.13. The Hall–Kier alpha value is -1.39. The van der Waals surface area contributed by atoms with E-state index in [0.717, 1.165) is 16.5 Å². The molecule has 0 radical (unpaired) electrons. The van der Waals surface area contributed by atoms with Crippen LogP contribution in [0.1, 0.15) is 45.9 Å². The first-order chi connectivity index (χ1) is 9.93. The highest BCUT2D eigenvalue weighted by Crippen LogP contribution is 2.35. The Balaban J connectivity index is 2.67. The lowest BCUT2D eigenvalue weighted by Crippen LogP contribution is -2.32. The highest BCUT2D eigenvalue weighted by Gasteiger charge is 2.28. The van der Waals surface area contributed by atoms with Gasteiger partial charge in [-0.25, -0.2) is 0 Å². The van der Waals surface area contributed by atoms with Crippen molar-refractivity contribution in [1.29, 1.82) is 0 Å². The second-order valence-corrected chi connectivity index (χ2v) is 7.71. The van der Waals surface area contributed by atoms with Crippen molar-refractivity contribution in [3.8, 4) is 0 Å². The lowest BCUT2D eigenvalue weighted by Gasteiger charge is -2.21. The predicted molar refractivity (Wildman–Crippen MR) is 89.4 cm³/mol. The number of hydrogen-bond acceptors (Lipinski definition) is 3. The molecule has 0 atom stereocenters. The van der Waals surface area contributed by atoms with Gasteiger partial charge in [0.15, 0.2) is 5.78 Å². The molecule has 5 heteroatoms. The van der Waals surface area contributed by atoms with Gasteiger partial charge in [-0.05, 0) is 30.9 Å². The van der Waals surface area contributed by atoms with Gasteiger partial charge in [0.05, 0.1) is 22.7 Å². The average molecular weight is 323 g/mol. The van der Waals surface area contributed by atoms with Crippen LogP contribution in [-0.4, -0.2) is 26.3 Å². The summed E-state index contributed by atoms with van der Waals surface area (Å²) < 4.78 is 1.77. The van der Waals surface area contributed by atoms with Crippen LogP contribution in [0, 0.1) is 0 Å². The van der Waals surface area contributed by atoms with Gasteiger partial charge in [0.1, 0.15) is 5.60 Å². The minimum absolute atomic E-state index is 0.0613. The van der Waals surface area contributed by atoms with Gasteiger partial charge in [-0.3, -0.25) is 9.48 Å². The molecule has 0 unspecified atom stereocenters. The molecule has 0 saturated carbocycles. The fourth-order valence-electron chi connectivity index (χ4n) is 2.56. The molecule has 0 aliphatic rings. The number of ketones is 1. The molecule has 0 fully saturated rings. The van der Waals surface area contributed by atoms with Gasteiger partial charge in [0, 0.05) is 12.4 Å². The summed E-state index contributed by atoms with van der Waals surface area (Å²) in [6.07, 6.45) is 0.0636. The van der Waals surface area contributed by atoms with Crippen molar-refractivity contribution in [3.05, 3.63) is 28.4 Å². The first-order valence-corrected chi connectivity index (χ1v) is 7.71. The van der Waals surface area contributed by atoms with Crippen LogP contribution in [-0.2, 0) is 23.7 Å². The van der Waals surface area contributed by atoms with E-state index >= 15 is 0 Å². The number of nitrogens with zero attached hydrogens (tertiary/aromatic N) is 2. The lowest BCUT2D eigenvalue weighted by atomic mass is 9.85. The first kappa shape index (κ1) is 17.0. The summed E-state index contributed by atoms with van der Waals surface area (Å²) in [6, 6.07) is 3.86. The number of Topliss-reactive ketones (excluding diaryl/α,β-unsaturated/α-hetero) is 1. The second kappa shape index (κ2) is 5.36. The number of aliphatic hydroxyl groups is 1. The molecule has 1 aromatic heterocycles. The average Bonchev–Trinajstić information content (AvgIpc) is 2.65. The molecular weight excluding hydrogens is 300 g/mol. The van der Waals surface area contributed by atoms with Crippen LogP contribution in [0.4, 0.5) is 0 Å². The topological polar surface area (TPSA) is 55.1 Å². The third kappa shape index (κ3) is 3.03. The lowest BCUT2D eigenvalue weighted by molar-refractivity contribution is -0.133. The Labute approximate surface area is 136 Å². The summed E-state index contributed by atoms with van der Waals surface area (Å²) in [4.78, 5) is 12.1. The van der Waals surface area contributed by atoms with Crippen LogP contribution in [0.3, 0.4) is 0 Å². The largest absolute Gasteiger partial charge is 0.383 e. The normalized spacial score (nSPS) is 12.9. The monoisotopic (exact) mass is 322 g/mol. The highest BCUT2D eigenvalue weighted by atomic mass is 35.5. The van der Waals surface area contributed by atoms with E-state index in [1.54, 1.807) is 4.68 Å². The molecule has 0 aliphatic heterocycles. The minimum atomic E-state index is -1.38. The number of hydrogen-bond donors (Lipinski definition) is 1. The van der Waals surface area contributed by atoms with Gasteiger partial charge in [-0.2, -0.15) is 5.10 Å². The molecule has 1 heterocycles. The minimum Gasteiger partial charge on any atom is -0.383 e. The van der Waals surface area contributed by atoms with Crippen molar-refractivity contribution in [2.45, 2.75) is 52.1 Å². The van der Waals surface area contributed by atoms with E-state index in [1.807, 2.05) is 19.2 Å². The zero-order valence-electron chi connectivity index (χ0n) is 14.0. The standard InChI is InChI=1S/C17H23ClN2O2/c1-16(2,3)10-7-8-11(18)14-12(19-20(6)15(10)14)9-13(21)17(4,5)22/h7-8,22H,9H2,1-6H3. The third-order valence-corrected chi connectivity index (χ3v) is 4.14. The molecule has 0 spiro atoms. The van der Waals surface area contributed by atoms with E-state index in [2.05, 4.69) is 25.9 Å². The van der Waals surface area contributed by atoms with E-state index in [-0.39, 0.29) is 17.6 Å². The summed E-state index contributed by atoms with van der Waals surface area (Å²) >= 11 is 6.37. The van der Waals surface area contributed by atoms with Gasteiger partial charge >= 0.3 is 0 Å².